The molecule has 0 saturated carbocycles. The van der Waals surface area contributed by atoms with Gasteiger partial charge in [0.15, 0.2) is 0 Å². The molecule has 0 atom stereocenters. The van der Waals surface area contributed by atoms with Crippen LogP contribution >= 0.6 is 15.9 Å². The maximum Gasteiger partial charge on any atom is 0.264 e. The van der Waals surface area contributed by atoms with Crippen molar-refractivity contribution in [2.45, 2.75) is 4.90 Å². The van der Waals surface area contributed by atoms with Gasteiger partial charge in [0, 0.05) is 4.47 Å². The fourth-order valence-electron chi connectivity index (χ4n) is 1.72. The van der Waals surface area contributed by atoms with Gasteiger partial charge in [0.1, 0.15) is 16.5 Å². The summed E-state index contributed by atoms with van der Waals surface area (Å²) in [5.74, 6) is -0.256. The fraction of sp³-hybridized carbons (Fsp3) is 0.0769. The number of anilines is 2. The standard InChI is InChI=1S/C13H12BrFN2O3S/c1-20-12-4-2-8(14)6-11(12)17-21(18,19)13-5-3-9(15)7-10(13)16/h2-7,17H,16H2,1H3. The van der Waals surface area contributed by atoms with Crippen molar-refractivity contribution in [3.8, 4) is 5.75 Å². The van der Waals surface area contributed by atoms with Crippen LogP contribution in [0.2, 0.25) is 0 Å². The van der Waals surface area contributed by atoms with Crippen LogP contribution in [-0.4, -0.2) is 15.5 Å². The topological polar surface area (TPSA) is 81.4 Å². The fourth-order valence-corrected chi connectivity index (χ4v) is 3.26. The number of hydrogen-bond acceptors (Lipinski definition) is 4. The largest absolute Gasteiger partial charge is 0.495 e. The third-order valence-corrected chi connectivity index (χ3v) is 4.60. The molecular weight excluding hydrogens is 363 g/mol. The molecule has 0 aliphatic heterocycles. The zero-order chi connectivity index (χ0) is 15.6. The third kappa shape index (κ3) is 3.45. The Balaban J connectivity index is 2.44. The average molecular weight is 375 g/mol. The van der Waals surface area contributed by atoms with Gasteiger partial charge >= 0.3 is 0 Å². The number of benzene rings is 2. The van der Waals surface area contributed by atoms with Gasteiger partial charge in [-0.1, -0.05) is 15.9 Å². The molecule has 112 valence electrons. The first kappa shape index (κ1) is 15.6. The molecule has 0 bridgehead atoms. The normalized spacial score (nSPS) is 11.2. The van der Waals surface area contributed by atoms with E-state index < -0.39 is 15.8 Å². The minimum absolute atomic E-state index is 0.170. The number of methoxy groups -OCH3 is 1. The van der Waals surface area contributed by atoms with Gasteiger partial charge in [-0.15, -0.1) is 0 Å². The minimum Gasteiger partial charge on any atom is -0.495 e. The van der Waals surface area contributed by atoms with Crippen molar-refractivity contribution < 1.29 is 17.5 Å². The monoisotopic (exact) mass is 374 g/mol. The second-order valence-corrected chi connectivity index (χ2v) is 6.70. The Morgan fingerprint density at radius 1 is 1.24 bits per heavy atom. The molecule has 0 heterocycles. The Hall–Kier alpha value is -1.80. The molecule has 0 aliphatic carbocycles. The Labute approximate surface area is 130 Å². The molecule has 0 unspecified atom stereocenters. The van der Waals surface area contributed by atoms with Gasteiger partial charge in [-0.25, -0.2) is 12.8 Å². The minimum atomic E-state index is -3.95. The maximum atomic E-state index is 13.0. The highest BCUT2D eigenvalue weighted by Gasteiger charge is 2.20. The number of nitrogens with two attached hydrogens (primary N) is 1. The second-order valence-electron chi connectivity index (χ2n) is 4.13. The van der Waals surface area contributed by atoms with Gasteiger partial charge in [-0.3, -0.25) is 4.72 Å². The van der Waals surface area contributed by atoms with Crippen LogP contribution in [0.4, 0.5) is 15.8 Å². The SMILES string of the molecule is COc1ccc(Br)cc1NS(=O)(=O)c1ccc(F)cc1N. The van der Waals surface area contributed by atoms with Gasteiger partial charge in [-0.2, -0.15) is 0 Å². The predicted octanol–water partition coefficient (Wildman–Crippen LogP) is 2.98. The van der Waals surface area contributed by atoms with Crippen molar-refractivity contribution in [3.05, 3.63) is 46.7 Å². The molecule has 8 heteroatoms. The van der Waals surface area contributed by atoms with Crippen LogP contribution in [0.15, 0.2) is 45.8 Å². The Kier molecular flexibility index (Phi) is 4.38. The molecule has 2 aromatic rings. The Morgan fingerprint density at radius 2 is 1.95 bits per heavy atom. The first-order valence-electron chi connectivity index (χ1n) is 5.75. The molecule has 0 aromatic heterocycles. The Morgan fingerprint density at radius 3 is 2.57 bits per heavy atom. The number of rotatable bonds is 4. The molecule has 0 aliphatic rings. The molecule has 0 spiro atoms. The van der Waals surface area contributed by atoms with Crippen LogP contribution in [0.5, 0.6) is 5.75 Å². The molecule has 2 aromatic carbocycles. The van der Waals surface area contributed by atoms with E-state index in [-0.39, 0.29) is 16.3 Å². The lowest BCUT2D eigenvalue weighted by Gasteiger charge is -2.13. The van der Waals surface area contributed by atoms with Gasteiger partial charge in [0.05, 0.1) is 18.5 Å². The van der Waals surface area contributed by atoms with Crippen molar-refractivity contribution in [1.29, 1.82) is 0 Å². The van der Waals surface area contributed by atoms with E-state index in [0.29, 0.717) is 10.2 Å². The molecular formula is C13H12BrFN2O3S. The smallest absolute Gasteiger partial charge is 0.264 e. The first-order valence-corrected chi connectivity index (χ1v) is 8.02. The van der Waals surface area contributed by atoms with Crippen LogP contribution in [0.25, 0.3) is 0 Å². The van der Waals surface area contributed by atoms with Crippen LogP contribution < -0.4 is 15.2 Å². The van der Waals surface area contributed by atoms with Crippen LogP contribution in [0.1, 0.15) is 0 Å². The van der Waals surface area contributed by atoms with Crippen LogP contribution in [-0.2, 0) is 10.0 Å². The third-order valence-electron chi connectivity index (χ3n) is 2.67. The number of hydrogen-bond donors (Lipinski definition) is 2. The van der Waals surface area contributed by atoms with Crippen molar-refractivity contribution in [1.82, 2.24) is 0 Å². The molecule has 0 fully saturated rings. The average Bonchev–Trinajstić information content (AvgIpc) is 2.37. The summed E-state index contributed by atoms with van der Waals surface area (Å²) < 4.78 is 45.8. The highest BCUT2D eigenvalue weighted by Crippen LogP contribution is 2.31. The molecule has 0 saturated heterocycles. The number of sulfonamides is 1. The molecule has 5 nitrogen and oxygen atoms in total. The Bertz CT molecular complexity index is 781. The van der Waals surface area contributed by atoms with E-state index in [2.05, 4.69) is 20.7 Å². The molecule has 21 heavy (non-hydrogen) atoms. The summed E-state index contributed by atoms with van der Waals surface area (Å²) in [5, 5.41) is 0. The van der Waals surface area contributed by atoms with Gasteiger partial charge in [0.25, 0.3) is 10.0 Å². The summed E-state index contributed by atoms with van der Waals surface area (Å²) in [5.41, 5.74) is 5.64. The van der Waals surface area contributed by atoms with Gasteiger partial charge in [0.2, 0.25) is 0 Å². The van der Waals surface area contributed by atoms with E-state index in [0.717, 1.165) is 18.2 Å². The zero-order valence-corrected chi connectivity index (χ0v) is 13.3. The van der Waals surface area contributed by atoms with Crippen LogP contribution in [0, 0.1) is 5.82 Å². The highest BCUT2D eigenvalue weighted by molar-refractivity contribution is 9.10. The van der Waals surface area contributed by atoms with Crippen molar-refractivity contribution in [3.63, 3.8) is 0 Å². The zero-order valence-electron chi connectivity index (χ0n) is 10.9. The van der Waals surface area contributed by atoms with E-state index in [1.807, 2.05) is 0 Å². The van der Waals surface area contributed by atoms with E-state index in [1.54, 1.807) is 18.2 Å². The van der Waals surface area contributed by atoms with E-state index in [4.69, 9.17) is 10.5 Å². The van der Waals surface area contributed by atoms with Gasteiger partial charge < -0.3 is 10.5 Å². The maximum absolute atomic E-state index is 13.0. The summed E-state index contributed by atoms with van der Waals surface area (Å²) in [7, 11) is -2.53. The summed E-state index contributed by atoms with van der Waals surface area (Å²) in [6.07, 6.45) is 0. The number of halogens is 2. The lowest BCUT2D eigenvalue weighted by molar-refractivity contribution is 0.417. The van der Waals surface area contributed by atoms with E-state index >= 15 is 0 Å². The molecule has 0 radical (unpaired) electrons. The van der Waals surface area contributed by atoms with Crippen molar-refractivity contribution in [2.24, 2.45) is 0 Å². The molecule has 3 N–H and O–H groups in total. The number of ether oxygens (including phenoxy) is 1. The molecule has 0 amide bonds. The summed E-state index contributed by atoms with van der Waals surface area (Å²) in [6.45, 7) is 0. The summed E-state index contributed by atoms with van der Waals surface area (Å²) >= 11 is 3.25. The van der Waals surface area contributed by atoms with Crippen molar-refractivity contribution >= 4 is 37.3 Å². The predicted molar refractivity (Wildman–Crippen MR) is 82.3 cm³/mol. The highest BCUT2D eigenvalue weighted by atomic mass is 79.9. The number of nitrogen functional groups attached to an aromatic ring is 1. The summed E-state index contributed by atoms with van der Waals surface area (Å²) in [6, 6.07) is 7.96. The quantitative estimate of drug-likeness (QED) is 0.806. The van der Waals surface area contributed by atoms with Crippen LogP contribution in [0.3, 0.4) is 0 Å². The second kappa shape index (κ2) is 5.90. The molecule has 2 rings (SSSR count). The first-order chi connectivity index (χ1) is 9.83. The van der Waals surface area contributed by atoms with E-state index in [9.17, 15) is 12.8 Å². The van der Waals surface area contributed by atoms with Crippen molar-refractivity contribution in [2.75, 3.05) is 17.6 Å². The number of nitrogens with one attached hydrogen (secondary N) is 1. The summed E-state index contributed by atoms with van der Waals surface area (Å²) in [4.78, 5) is -0.203. The lowest BCUT2D eigenvalue weighted by atomic mass is 10.3. The van der Waals surface area contributed by atoms with E-state index in [1.165, 1.54) is 7.11 Å². The van der Waals surface area contributed by atoms with Gasteiger partial charge in [-0.05, 0) is 36.4 Å². The lowest BCUT2D eigenvalue weighted by Crippen LogP contribution is -2.15.